The topological polar surface area (TPSA) is 36.4 Å². The van der Waals surface area contributed by atoms with Gasteiger partial charge in [-0.25, -0.2) is 8.78 Å². The van der Waals surface area contributed by atoms with Crippen LogP contribution in [0.3, 0.4) is 0 Å². The second-order valence-corrected chi connectivity index (χ2v) is 5.21. The Morgan fingerprint density at radius 3 is 2.71 bits per heavy atom. The van der Waals surface area contributed by atoms with E-state index in [0.29, 0.717) is 30.5 Å². The Kier molecular flexibility index (Phi) is 7.34. The van der Waals surface area contributed by atoms with Crippen LogP contribution in [0.15, 0.2) is 23.2 Å². The van der Waals surface area contributed by atoms with Crippen LogP contribution in [0.5, 0.6) is 0 Å². The summed E-state index contributed by atoms with van der Waals surface area (Å²) in [6.45, 7) is 5.39. The second-order valence-electron chi connectivity index (χ2n) is 5.21. The predicted molar refractivity (Wildman–Crippen MR) is 92.2 cm³/mol. The Morgan fingerprint density at radius 2 is 2.10 bits per heavy atom. The summed E-state index contributed by atoms with van der Waals surface area (Å²) in [5.74, 6) is 0.635. The molecule has 0 spiro atoms. The molecular formula is C15H22F2IN3. The van der Waals surface area contributed by atoms with Crippen molar-refractivity contribution in [2.45, 2.75) is 32.7 Å². The molecule has 2 unspecified atom stereocenters. The number of hydrogen-bond donors (Lipinski definition) is 2. The van der Waals surface area contributed by atoms with E-state index in [4.69, 9.17) is 0 Å². The quantitative estimate of drug-likeness (QED) is 0.446. The fourth-order valence-electron chi connectivity index (χ4n) is 2.04. The Bertz CT molecular complexity index is 494. The summed E-state index contributed by atoms with van der Waals surface area (Å²) in [5.41, 5.74) is 0.365. The number of nitrogens with one attached hydrogen (secondary N) is 2. The van der Waals surface area contributed by atoms with Gasteiger partial charge in [-0.1, -0.05) is 6.92 Å². The number of halogens is 3. The van der Waals surface area contributed by atoms with Gasteiger partial charge in [-0.2, -0.15) is 0 Å². The van der Waals surface area contributed by atoms with Crippen LogP contribution in [0.2, 0.25) is 0 Å². The molecule has 2 N–H and O–H groups in total. The lowest BCUT2D eigenvalue weighted by molar-refractivity contribution is 0.585. The molecule has 6 heteroatoms. The average Bonchev–Trinajstić information content (AvgIpc) is 3.09. The van der Waals surface area contributed by atoms with Crippen molar-refractivity contribution < 1.29 is 8.78 Å². The van der Waals surface area contributed by atoms with Crippen LogP contribution in [0.4, 0.5) is 8.78 Å². The number of rotatable bonds is 5. The molecule has 0 amide bonds. The van der Waals surface area contributed by atoms with Crippen molar-refractivity contribution in [2.75, 3.05) is 13.1 Å². The van der Waals surface area contributed by atoms with E-state index < -0.39 is 5.82 Å². The molecule has 0 saturated heterocycles. The molecule has 1 fully saturated rings. The van der Waals surface area contributed by atoms with Crippen molar-refractivity contribution in [1.82, 2.24) is 10.6 Å². The van der Waals surface area contributed by atoms with Crippen LogP contribution in [-0.4, -0.2) is 25.1 Å². The number of guanidine groups is 1. The smallest absolute Gasteiger partial charge is 0.191 e. The molecule has 0 radical (unpaired) electrons. The van der Waals surface area contributed by atoms with Crippen molar-refractivity contribution in [3.63, 3.8) is 0 Å². The lowest BCUT2D eigenvalue weighted by Crippen LogP contribution is -2.39. The second kappa shape index (κ2) is 8.51. The summed E-state index contributed by atoms with van der Waals surface area (Å²) in [4.78, 5) is 4.40. The summed E-state index contributed by atoms with van der Waals surface area (Å²) >= 11 is 0. The molecule has 0 aliphatic heterocycles. The minimum atomic E-state index is -0.415. The van der Waals surface area contributed by atoms with Crippen LogP contribution in [0.25, 0.3) is 0 Å². The summed E-state index contributed by atoms with van der Waals surface area (Å²) < 4.78 is 26.5. The molecule has 0 aromatic heterocycles. The maximum atomic E-state index is 13.5. The van der Waals surface area contributed by atoms with E-state index in [1.807, 2.05) is 6.92 Å². The summed E-state index contributed by atoms with van der Waals surface area (Å²) in [7, 11) is 0. The average molecular weight is 409 g/mol. The standard InChI is InChI=1S/C15H21F2N3.HI/c1-3-18-15(20-14-8-10(14)2)19-7-6-11-9-12(16)4-5-13(11)17;/h4-5,9-10,14H,3,6-8H2,1-2H3,(H2,18,19,20);1H. The molecule has 2 rings (SSSR count). The monoisotopic (exact) mass is 409 g/mol. The molecule has 3 nitrogen and oxygen atoms in total. The number of aliphatic imine (C=N–C) groups is 1. The zero-order valence-electron chi connectivity index (χ0n) is 12.3. The molecule has 1 aromatic rings. The first-order valence-corrected chi connectivity index (χ1v) is 7.09. The first-order valence-electron chi connectivity index (χ1n) is 7.09. The fraction of sp³-hybridized carbons (Fsp3) is 0.533. The molecule has 1 aromatic carbocycles. The predicted octanol–water partition coefficient (Wildman–Crippen LogP) is 3.09. The molecule has 1 saturated carbocycles. The zero-order valence-corrected chi connectivity index (χ0v) is 14.7. The highest BCUT2D eigenvalue weighted by molar-refractivity contribution is 14.0. The van der Waals surface area contributed by atoms with Gasteiger partial charge in [0.05, 0.1) is 0 Å². The van der Waals surface area contributed by atoms with Crippen LogP contribution in [-0.2, 0) is 6.42 Å². The van der Waals surface area contributed by atoms with E-state index in [2.05, 4.69) is 22.5 Å². The molecule has 0 heterocycles. The van der Waals surface area contributed by atoms with Crippen molar-refractivity contribution >= 4 is 29.9 Å². The number of nitrogens with zero attached hydrogens (tertiary/aromatic N) is 1. The Morgan fingerprint density at radius 1 is 1.38 bits per heavy atom. The lowest BCUT2D eigenvalue weighted by atomic mass is 10.1. The molecular weight excluding hydrogens is 387 g/mol. The molecule has 118 valence electrons. The van der Waals surface area contributed by atoms with Gasteiger partial charge >= 0.3 is 0 Å². The minimum Gasteiger partial charge on any atom is -0.357 e. The van der Waals surface area contributed by atoms with Gasteiger partial charge in [-0.3, -0.25) is 4.99 Å². The minimum absolute atomic E-state index is 0. The van der Waals surface area contributed by atoms with Gasteiger partial charge in [0.25, 0.3) is 0 Å². The number of hydrogen-bond acceptors (Lipinski definition) is 1. The number of benzene rings is 1. The van der Waals surface area contributed by atoms with Crippen LogP contribution in [0.1, 0.15) is 25.8 Å². The van der Waals surface area contributed by atoms with E-state index >= 15 is 0 Å². The zero-order chi connectivity index (χ0) is 14.5. The summed E-state index contributed by atoms with van der Waals surface area (Å²) in [5, 5.41) is 6.48. The van der Waals surface area contributed by atoms with Gasteiger partial charge in [-0.05, 0) is 49.4 Å². The van der Waals surface area contributed by atoms with Gasteiger partial charge in [0.1, 0.15) is 11.6 Å². The fourth-order valence-corrected chi connectivity index (χ4v) is 2.04. The summed E-state index contributed by atoms with van der Waals surface area (Å²) in [6, 6.07) is 4.00. The SMILES string of the molecule is CCNC(=NCCc1cc(F)ccc1F)NC1CC1C.I. The van der Waals surface area contributed by atoms with Gasteiger partial charge in [0.15, 0.2) is 5.96 Å². The molecule has 0 bridgehead atoms. The van der Waals surface area contributed by atoms with Crippen molar-refractivity contribution in [3.8, 4) is 0 Å². The third-order valence-electron chi connectivity index (χ3n) is 3.43. The van der Waals surface area contributed by atoms with E-state index in [-0.39, 0.29) is 29.8 Å². The molecule has 1 aliphatic carbocycles. The maximum absolute atomic E-state index is 13.5. The van der Waals surface area contributed by atoms with Crippen LogP contribution < -0.4 is 10.6 Å². The summed E-state index contributed by atoms with van der Waals surface area (Å²) in [6.07, 6.45) is 1.54. The molecule has 21 heavy (non-hydrogen) atoms. The third kappa shape index (κ3) is 5.76. The van der Waals surface area contributed by atoms with Gasteiger partial charge in [0.2, 0.25) is 0 Å². The highest BCUT2D eigenvalue weighted by Crippen LogP contribution is 2.28. The van der Waals surface area contributed by atoms with Crippen LogP contribution in [0, 0.1) is 17.6 Å². The molecule has 1 aliphatic rings. The Labute approximate surface area is 141 Å². The third-order valence-corrected chi connectivity index (χ3v) is 3.43. The van der Waals surface area contributed by atoms with Gasteiger partial charge < -0.3 is 10.6 Å². The normalized spacial score (nSPS) is 20.7. The van der Waals surface area contributed by atoms with Crippen molar-refractivity contribution in [2.24, 2.45) is 10.9 Å². The van der Waals surface area contributed by atoms with Gasteiger partial charge in [0, 0.05) is 19.1 Å². The van der Waals surface area contributed by atoms with Crippen LogP contribution >= 0.6 is 24.0 Å². The van der Waals surface area contributed by atoms with E-state index in [0.717, 1.165) is 31.1 Å². The lowest BCUT2D eigenvalue weighted by Gasteiger charge is -2.10. The Balaban J connectivity index is 0.00000220. The van der Waals surface area contributed by atoms with E-state index in [1.54, 1.807) is 0 Å². The van der Waals surface area contributed by atoms with E-state index in [9.17, 15) is 8.78 Å². The maximum Gasteiger partial charge on any atom is 0.191 e. The van der Waals surface area contributed by atoms with E-state index in [1.165, 1.54) is 6.07 Å². The van der Waals surface area contributed by atoms with Crippen molar-refractivity contribution in [1.29, 1.82) is 0 Å². The highest BCUT2D eigenvalue weighted by Gasteiger charge is 2.33. The van der Waals surface area contributed by atoms with Crippen molar-refractivity contribution in [3.05, 3.63) is 35.4 Å². The molecule has 2 atom stereocenters. The largest absolute Gasteiger partial charge is 0.357 e. The highest BCUT2D eigenvalue weighted by atomic mass is 127. The first kappa shape index (κ1) is 18.1. The van der Waals surface area contributed by atoms with Gasteiger partial charge in [-0.15, -0.1) is 24.0 Å². The first-order chi connectivity index (χ1) is 9.60. The Hall–Kier alpha value is -0.920.